The van der Waals surface area contributed by atoms with Crippen LogP contribution in [0.15, 0.2) is 72.9 Å². The zero-order valence-electron chi connectivity index (χ0n) is 21.5. The highest BCUT2D eigenvalue weighted by Crippen LogP contribution is 2.14. The number of amides is 2. The van der Waals surface area contributed by atoms with Crippen molar-refractivity contribution in [2.75, 3.05) is 13.1 Å². The molecule has 2 amide bonds. The summed E-state index contributed by atoms with van der Waals surface area (Å²) in [4.78, 5) is 43.8. The average molecular weight is 558 g/mol. The number of hydrogen-bond donors (Lipinski definition) is 2. The molecule has 0 aliphatic rings. The highest BCUT2D eigenvalue weighted by atomic mass is 35.5. The SMILES string of the molecule is CCN(CC)Cc1ccc(C=Cc2ncccc2C(=O)NC(Cc2ccccc2)C(=O)C(N)=O)cc1.Cl.Cl. The normalized spacial score (nSPS) is 11.3. The molecule has 1 aromatic heterocycles. The number of halogens is 2. The van der Waals surface area contributed by atoms with Gasteiger partial charge >= 0.3 is 0 Å². The van der Waals surface area contributed by atoms with Gasteiger partial charge in [0, 0.05) is 19.2 Å². The van der Waals surface area contributed by atoms with Crippen molar-refractivity contribution in [3.8, 4) is 0 Å². The predicted molar refractivity (Wildman–Crippen MR) is 156 cm³/mol. The molecule has 1 heterocycles. The van der Waals surface area contributed by atoms with Gasteiger partial charge < -0.3 is 11.1 Å². The highest BCUT2D eigenvalue weighted by Gasteiger charge is 2.26. The van der Waals surface area contributed by atoms with Crippen molar-refractivity contribution < 1.29 is 14.4 Å². The molecule has 202 valence electrons. The Morgan fingerprint density at radius 2 is 1.55 bits per heavy atom. The van der Waals surface area contributed by atoms with Gasteiger partial charge in [0.15, 0.2) is 0 Å². The summed E-state index contributed by atoms with van der Waals surface area (Å²) in [5.41, 5.74) is 8.98. The van der Waals surface area contributed by atoms with Gasteiger partial charge in [0.1, 0.15) is 6.04 Å². The molecule has 3 rings (SSSR count). The molecule has 38 heavy (non-hydrogen) atoms. The number of nitrogens with one attached hydrogen (secondary N) is 1. The van der Waals surface area contributed by atoms with Gasteiger partial charge in [0.25, 0.3) is 11.8 Å². The third-order valence-electron chi connectivity index (χ3n) is 5.94. The van der Waals surface area contributed by atoms with E-state index in [2.05, 4.69) is 41.2 Å². The Labute approximate surface area is 236 Å². The Kier molecular flexibility index (Phi) is 14.0. The highest BCUT2D eigenvalue weighted by molar-refractivity contribution is 6.38. The molecular weight excluding hydrogens is 523 g/mol. The largest absolute Gasteiger partial charge is 0.363 e. The van der Waals surface area contributed by atoms with E-state index < -0.39 is 23.6 Å². The summed E-state index contributed by atoms with van der Waals surface area (Å²) in [6.07, 6.45) is 5.39. The summed E-state index contributed by atoms with van der Waals surface area (Å²) >= 11 is 0. The fourth-order valence-corrected chi connectivity index (χ4v) is 3.82. The Bertz CT molecular complexity index is 1210. The molecular formula is C29H34Cl2N4O3. The smallest absolute Gasteiger partial charge is 0.287 e. The van der Waals surface area contributed by atoms with E-state index in [9.17, 15) is 14.4 Å². The zero-order valence-corrected chi connectivity index (χ0v) is 23.1. The molecule has 0 aliphatic carbocycles. The van der Waals surface area contributed by atoms with Crippen LogP contribution in [0.3, 0.4) is 0 Å². The molecule has 1 atom stereocenters. The number of hydrogen-bond acceptors (Lipinski definition) is 5. The minimum atomic E-state index is -1.09. The monoisotopic (exact) mass is 556 g/mol. The summed E-state index contributed by atoms with van der Waals surface area (Å²) in [6, 6.07) is 19.6. The third-order valence-corrected chi connectivity index (χ3v) is 5.94. The first-order chi connectivity index (χ1) is 17.4. The quantitative estimate of drug-likeness (QED) is 0.323. The number of ketones is 1. The van der Waals surface area contributed by atoms with E-state index in [4.69, 9.17) is 5.73 Å². The summed E-state index contributed by atoms with van der Waals surface area (Å²) < 4.78 is 0. The Balaban J connectivity index is 0.00000361. The van der Waals surface area contributed by atoms with Crippen LogP contribution in [-0.2, 0) is 22.6 Å². The number of Topliss-reactive ketones (excluding diaryl/α,β-unsaturated/α-hetero) is 1. The summed E-state index contributed by atoms with van der Waals surface area (Å²) in [6.45, 7) is 7.19. The van der Waals surface area contributed by atoms with E-state index in [0.29, 0.717) is 11.3 Å². The van der Waals surface area contributed by atoms with Crippen LogP contribution in [0, 0.1) is 0 Å². The van der Waals surface area contributed by atoms with Crippen LogP contribution in [0.5, 0.6) is 0 Å². The van der Waals surface area contributed by atoms with Crippen molar-refractivity contribution in [1.82, 2.24) is 15.2 Å². The Morgan fingerprint density at radius 1 is 0.895 bits per heavy atom. The van der Waals surface area contributed by atoms with Gasteiger partial charge in [-0.3, -0.25) is 24.3 Å². The van der Waals surface area contributed by atoms with Crippen LogP contribution in [0.2, 0.25) is 0 Å². The third kappa shape index (κ3) is 9.41. The molecule has 0 saturated carbocycles. The Morgan fingerprint density at radius 3 is 2.16 bits per heavy atom. The maximum atomic E-state index is 13.1. The first-order valence-corrected chi connectivity index (χ1v) is 12.0. The molecule has 9 heteroatoms. The van der Waals surface area contributed by atoms with Gasteiger partial charge in [-0.25, -0.2) is 0 Å². The second-order valence-electron chi connectivity index (χ2n) is 8.42. The van der Waals surface area contributed by atoms with Crippen LogP contribution in [0.25, 0.3) is 12.2 Å². The Hall–Kier alpha value is -3.52. The first kappa shape index (κ1) is 32.5. The van der Waals surface area contributed by atoms with E-state index in [0.717, 1.165) is 30.8 Å². The fraction of sp³-hybridized carbons (Fsp3) is 0.241. The minimum Gasteiger partial charge on any atom is -0.363 e. The number of nitrogens with two attached hydrogens (primary N) is 1. The van der Waals surface area contributed by atoms with Gasteiger partial charge in [0.2, 0.25) is 5.78 Å². The van der Waals surface area contributed by atoms with E-state index in [-0.39, 0.29) is 31.2 Å². The minimum absolute atomic E-state index is 0. The van der Waals surface area contributed by atoms with E-state index >= 15 is 0 Å². The van der Waals surface area contributed by atoms with Gasteiger partial charge in [-0.15, -0.1) is 24.8 Å². The summed E-state index contributed by atoms with van der Waals surface area (Å²) in [7, 11) is 0. The lowest BCUT2D eigenvalue weighted by atomic mass is 10.0. The molecule has 0 saturated heterocycles. The number of benzene rings is 2. The molecule has 3 N–H and O–H groups in total. The summed E-state index contributed by atoms with van der Waals surface area (Å²) in [5.74, 6) is -2.45. The van der Waals surface area contributed by atoms with Gasteiger partial charge in [0.05, 0.1) is 11.3 Å². The van der Waals surface area contributed by atoms with Crippen molar-refractivity contribution in [1.29, 1.82) is 0 Å². The number of nitrogens with zero attached hydrogens (tertiary/aromatic N) is 2. The van der Waals surface area contributed by atoms with Crippen LogP contribution in [0.4, 0.5) is 0 Å². The number of pyridine rings is 1. The number of primary amides is 1. The molecule has 0 fully saturated rings. The molecule has 1 unspecified atom stereocenters. The van der Waals surface area contributed by atoms with Crippen LogP contribution in [0.1, 0.15) is 46.6 Å². The van der Waals surface area contributed by atoms with Gasteiger partial charge in [-0.05, 0) is 48.0 Å². The van der Waals surface area contributed by atoms with Gasteiger partial charge in [-0.2, -0.15) is 0 Å². The second-order valence-corrected chi connectivity index (χ2v) is 8.42. The maximum absolute atomic E-state index is 13.1. The average Bonchev–Trinajstić information content (AvgIpc) is 2.91. The number of aromatic nitrogens is 1. The topological polar surface area (TPSA) is 105 Å². The second kappa shape index (κ2) is 16.3. The molecule has 7 nitrogen and oxygen atoms in total. The van der Waals surface area contributed by atoms with Crippen molar-refractivity contribution in [3.63, 3.8) is 0 Å². The lowest BCUT2D eigenvalue weighted by Crippen LogP contribution is -2.47. The summed E-state index contributed by atoms with van der Waals surface area (Å²) in [5, 5.41) is 2.67. The van der Waals surface area contributed by atoms with Gasteiger partial charge in [-0.1, -0.05) is 74.5 Å². The van der Waals surface area contributed by atoms with E-state index in [1.54, 1.807) is 24.4 Å². The molecule has 0 bridgehead atoms. The zero-order chi connectivity index (χ0) is 25.9. The molecule has 3 aromatic rings. The number of carbonyl (C=O) groups excluding carboxylic acids is 3. The van der Waals surface area contributed by atoms with Crippen LogP contribution >= 0.6 is 24.8 Å². The molecule has 0 spiro atoms. The first-order valence-electron chi connectivity index (χ1n) is 12.0. The van der Waals surface area contributed by atoms with Crippen molar-refractivity contribution in [2.24, 2.45) is 5.73 Å². The molecule has 0 aliphatic heterocycles. The number of rotatable bonds is 12. The van der Waals surface area contributed by atoms with Crippen LogP contribution in [-0.4, -0.2) is 46.6 Å². The lowest BCUT2D eigenvalue weighted by Gasteiger charge is -2.17. The van der Waals surface area contributed by atoms with E-state index in [1.807, 2.05) is 48.5 Å². The standard InChI is InChI=1S/C29H32N4O3.2ClH/c1-3-33(4-2)20-23-14-12-21(13-15-23)16-17-25-24(11-8-18-31-25)29(36)32-26(27(34)28(30)35)19-22-9-6-5-7-10-22;;/h5-18,26H,3-4,19-20H2,1-2H3,(H2,30,35)(H,32,36);2*1H. The fourth-order valence-electron chi connectivity index (χ4n) is 3.82. The van der Waals surface area contributed by atoms with E-state index in [1.165, 1.54) is 5.56 Å². The van der Waals surface area contributed by atoms with Crippen molar-refractivity contribution in [3.05, 3.63) is 101 Å². The van der Waals surface area contributed by atoms with Crippen molar-refractivity contribution >= 4 is 54.6 Å². The van der Waals surface area contributed by atoms with Crippen LogP contribution < -0.4 is 11.1 Å². The van der Waals surface area contributed by atoms with Crippen molar-refractivity contribution in [2.45, 2.75) is 32.9 Å². The molecule has 2 aromatic carbocycles. The molecule has 0 radical (unpaired) electrons. The number of carbonyl (C=O) groups is 3. The lowest BCUT2D eigenvalue weighted by molar-refractivity contribution is -0.137. The maximum Gasteiger partial charge on any atom is 0.287 e. The predicted octanol–water partition coefficient (Wildman–Crippen LogP) is 4.33.